The van der Waals surface area contributed by atoms with E-state index >= 15 is 0 Å². The van der Waals surface area contributed by atoms with Crippen LogP contribution in [0.15, 0.2) is 279 Å². The van der Waals surface area contributed by atoms with E-state index in [0.29, 0.717) is 33.9 Å². The normalized spacial score (nSPS) is 11.9. The van der Waals surface area contributed by atoms with Crippen LogP contribution in [-0.2, 0) is 0 Å². The molecule has 0 unspecified atom stereocenters. The van der Waals surface area contributed by atoms with Crippen molar-refractivity contribution in [3.05, 3.63) is 290 Å². The number of benzene rings is 13. The second-order valence-electron chi connectivity index (χ2n) is 22.4. The van der Waals surface area contributed by atoms with Gasteiger partial charge in [-0.1, -0.05) is 231 Å². The summed E-state index contributed by atoms with van der Waals surface area (Å²) in [5.74, 6) is 0. The van der Waals surface area contributed by atoms with Crippen LogP contribution in [0.2, 0.25) is 0 Å². The van der Waals surface area contributed by atoms with Crippen LogP contribution in [0.3, 0.4) is 0 Å². The molecule has 5 heterocycles. The van der Waals surface area contributed by atoms with Crippen molar-refractivity contribution >= 4 is 119 Å². The molecule has 0 spiro atoms. The van der Waals surface area contributed by atoms with Gasteiger partial charge in [-0.05, 0) is 81.9 Å². The van der Waals surface area contributed by atoms with Gasteiger partial charge in [0, 0.05) is 58.6 Å². The first-order valence-electron chi connectivity index (χ1n) is 29.3. The van der Waals surface area contributed by atoms with Gasteiger partial charge < -0.3 is 18.3 Å². The van der Waals surface area contributed by atoms with Gasteiger partial charge in [0.05, 0.1) is 71.6 Å². The monoisotopic (exact) mass is 1120 g/mol. The van der Waals surface area contributed by atoms with Gasteiger partial charge in [0.1, 0.15) is 23.3 Å². The van der Waals surface area contributed by atoms with Crippen LogP contribution in [0, 0.1) is 22.7 Å². The van der Waals surface area contributed by atoms with E-state index in [1.165, 1.54) is 0 Å². The van der Waals surface area contributed by atoms with E-state index in [1.807, 2.05) is 0 Å². The molecule has 0 amide bonds. The molecule has 402 valence electrons. The van der Waals surface area contributed by atoms with Crippen molar-refractivity contribution in [2.24, 2.45) is 0 Å². The molecule has 0 saturated carbocycles. The number of thiophene rings is 1. The molecule has 13 aromatic carbocycles. The molecule has 18 rings (SSSR count). The maximum absolute atomic E-state index is 13.2. The predicted octanol–water partition coefficient (Wildman–Crippen LogP) is 21.2. The molecule has 18 aromatic rings. The summed E-state index contributed by atoms with van der Waals surface area (Å²) in [6.45, 7) is 0. The first kappa shape index (κ1) is 48.8. The molecule has 0 aliphatic carbocycles. The zero-order chi connectivity index (χ0) is 57.4. The summed E-state index contributed by atoms with van der Waals surface area (Å²) in [7, 11) is 0. The molecule has 7 heteroatoms. The van der Waals surface area contributed by atoms with Gasteiger partial charge >= 0.3 is 0 Å². The fourth-order valence-electron chi connectivity index (χ4n) is 14.6. The molecule has 0 saturated heterocycles. The van der Waals surface area contributed by atoms with Crippen LogP contribution in [0.25, 0.3) is 164 Å². The van der Waals surface area contributed by atoms with Crippen molar-refractivity contribution in [3.63, 3.8) is 0 Å². The summed E-state index contributed by atoms with van der Waals surface area (Å²) in [5.41, 5.74) is 17.2. The third-order valence-electron chi connectivity index (χ3n) is 18.1. The Labute approximate surface area is 502 Å². The molecule has 87 heavy (non-hydrogen) atoms. The Balaban J connectivity index is 1.14. The highest BCUT2D eigenvalue weighted by Crippen LogP contribution is 2.53. The lowest BCUT2D eigenvalue weighted by atomic mass is 9.86. The highest BCUT2D eigenvalue weighted by atomic mass is 32.1. The van der Waals surface area contributed by atoms with E-state index in [9.17, 15) is 10.5 Å². The summed E-state index contributed by atoms with van der Waals surface area (Å²) < 4.78 is 11.5. The van der Waals surface area contributed by atoms with Crippen molar-refractivity contribution < 1.29 is 0 Å². The van der Waals surface area contributed by atoms with Crippen molar-refractivity contribution in [3.8, 4) is 68.3 Å². The van der Waals surface area contributed by atoms with E-state index in [4.69, 9.17) is 0 Å². The number of aromatic nitrogens is 4. The largest absolute Gasteiger partial charge is 0.306 e. The lowest BCUT2D eigenvalue weighted by molar-refractivity contribution is 1.03. The van der Waals surface area contributed by atoms with Gasteiger partial charge in [-0.15, -0.1) is 11.3 Å². The molecular formula is C80H46N6S. The SMILES string of the molecule is N#Cc1c(-n2c3ccccc3c3ccccc32)c(-n2c3ccccc3c3ccccc32)c(C#N)c(-n2c3cccc(-c4c(-c5ccccc5)cccc4-c4ccccc4)c3c3ccc4c5ccccc5sc4c32)c1-n1c2ccccc2c2ccccc21. The minimum Gasteiger partial charge on any atom is -0.306 e. The number of hydrogen-bond donors (Lipinski definition) is 0. The lowest BCUT2D eigenvalue weighted by Crippen LogP contribution is -2.16. The van der Waals surface area contributed by atoms with Gasteiger partial charge in [-0.25, -0.2) is 0 Å². The highest BCUT2D eigenvalue weighted by molar-refractivity contribution is 7.26. The maximum Gasteiger partial charge on any atom is 0.104 e. The minimum absolute atomic E-state index is 0.409. The highest BCUT2D eigenvalue weighted by Gasteiger charge is 2.36. The fraction of sp³-hybridized carbons (Fsp3) is 0. The molecule has 0 radical (unpaired) electrons. The first-order chi connectivity index (χ1) is 43.2. The Hall–Kier alpha value is -11.7. The van der Waals surface area contributed by atoms with Crippen LogP contribution in [0.5, 0.6) is 0 Å². The summed E-state index contributed by atoms with van der Waals surface area (Å²) in [5, 5.41) is 36.7. The first-order valence-corrected chi connectivity index (χ1v) is 30.1. The van der Waals surface area contributed by atoms with Crippen LogP contribution < -0.4 is 0 Å². The van der Waals surface area contributed by atoms with Crippen LogP contribution in [0.1, 0.15) is 11.1 Å². The zero-order valence-corrected chi connectivity index (χ0v) is 47.5. The van der Waals surface area contributed by atoms with E-state index in [-0.39, 0.29) is 0 Å². The Bertz CT molecular complexity index is 5820. The van der Waals surface area contributed by atoms with Crippen LogP contribution >= 0.6 is 11.3 Å². The molecule has 0 N–H and O–H groups in total. The van der Waals surface area contributed by atoms with E-state index < -0.39 is 0 Å². The number of nitriles is 2. The summed E-state index contributed by atoms with van der Waals surface area (Å²) in [6.07, 6.45) is 0. The average Bonchev–Trinajstić information content (AvgIpc) is 2.15. The quantitative estimate of drug-likeness (QED) is 0.160. The summed E-state index contributed by atoms with van der Waals surface area (Å²) >= 11 is 1.77. The number of nitrogens with zero attached hydrogens (tertiary/aromatic N) is 6. The van der Waals surface area contributed by atoms with Crippen molar-refractivity contribution in [1.29, 1.82) is 10.5 Å². The molecule has 0 aliphatic heterocycles. The topological polar surface area (TPSA) is 67.3 Å². The minimum atomic E-state index is 0.409. The predicted molar refractivity (Wildman–Crippen MR) is 362 cm³/mol. The average molecular weight is 1120 g/mol. The van der Waals surface area contributed by atoms with E-state index in [1.54, 1.807) is 11.3 Å². The Kier molecular flexibility index (Phi) is 10.6. The van der Waals surface area contributed by atoms with E-state index in [2.05, 4.69) is 309 Å². The fourth-order valence-corrected chi connectivity index (χ4v) is 15.8. The number of rotatable bonds is 7. The van der Waals surface area contributed by atoms with Gasteiger partial charge in [0.15, 0.2) is 0 Å². The third-order valence-corrected chi connectivity index (χ3v) is 19.2. The number of para-hydroxylation sites is 6. The molecule has 0 bridgehead atoms. The molecule has 5 aromatic heterocycles. The standard InChI is InChI=1S/C80H46N6S/c81-47-63-75(83-65-37-14-7-27-53(65)54-28-8-15-38-66(54)83)76(84-67-39-16-9-29-55(67)56-30-10-17-40-68(56)84)64(48-82)78(77(63)85-69-41-18-11-31-57(69)58-32-12-19-42-70(58)85)86-71-43-22-36-61(74(71)62-46-45-60-59-33-13-20-44-72(59)87-80(60)79(62)86)73-51(49-23-3-1-4-24-49)34-21-35-52(73)50-25-5-2-6-26-50/h1-46H. The second kappa shape index (κ2) is 18.9. The lowest BCUT2D eigenvalue weighted by Gasteiger charge is -2.27. The third kappa shape index (κ3) is 6.83. The van der Waals surface area contributed by atoms with E-state index in [0.717, 1.165) is 141 Å². The molecule has 6 nitrogen and oxygen atoms in total. The van der Waals surface area contributed by atoms with Gasteiger partial charge in [0.25, 0.3) is 0 Å². The number of hydrogen-bond acceptors (Lipinski definition) is 3. The zero-order valence-electron chi connectivity index (χ0n) is 46.6. The van der Waals surface area contributed by atoms with Crippen molar-refractivity contribution in [2.45, 2.75) is 0 Å². The van der Waals surface area contributed by atoms with Crippen molar-refractivity contribution in [1.82, 2.24) is 18.3 Å². The van der Waals surface area contributed by atoms with Crippen molar-refractivity contribution in [2.75, 3.05) is 0 Å². The van der Waals surface area contributed by atoms with Gasteiger partial charge in [-0.3, -0.25) is 0 Å². The maximum atomic E-state index is 13.2. The Morgan fingerprint density at radius 3 is 1.02 bits per heavy atom. The van der Waals surface area contributed by atoms with Crippen LogP contribution in [0.4, 0.5) is 0 Å². The molecular weight excluding hydrogens is 1080 g/mol. The Morgan fingerprint density at radius 2 is 0.598 bits per heavy atom. The molecule has 0 aliphatic rings. The van der Waals surface area contributed by atoms with Crippen LogP contribution in [-0.4, -0.2) is 18.3 Å². The molecule has 0 atom stereocenters. The summed E-state index contributed by atoms with van der Waals surface area (Å²) in [6, 6.07) is 105. The number of fused-ring (bicyclic) bond motifs is 16. The smallest absolute Gasteiger partial charge is 0.104 e. The Morgan fingerprint density at radius 1 is 0.264 bits per heavy atom. The summed E-state index contributed by atoms with van der Waals surface area (Å²) in [4.78, 5) is 0. The van der Waals surface area contributed by atoms with Gasteiger partial charge in [0.2, 0.25) is 0 Å². The second-order valence-corrected chi connectivity index (χ2v) is 23.5. The van der Waals surface area contributed by atoms with Gasteiger partial charge in [-0.2, -0.15) is 10.5 Å². The molecule has 0 fully saturated rings.